The second-order valence-corrected chi connectivity index (χ2v) is 6.85. The van der Waals surface area contributed by atoms with Crippen molar-refractivity contribution in [3.05, 3.63) is 71.8 Å². The zero-order chi connectivity index (χ0) is 15.5. The lowest BCUT2D eigenvalue weighted by molar-refractivity contribution is -0.573. The van der Waals surface area contributed by atoms with Crippen molar-refractivity contribution in [2.75, 3.05) is 0 Å². The molecule has 0 radical (unpaired) electrons. The molecular weight excluding hydrogens is 280 g/mol. The first-order chi connectivity index (χ1) is 11.4. The summed E-state index contributed by atoms with van der Waals surface area (Å²) >= 11 is 0. The predicted octanol–water partition coefficient (Wildman–Crippen LogP) is 4.05. The maximum absolute atomic E-state index is 2.59. The van der Waals surface area contributed by atoms with Crippen LogP contribution < -0.4 is 0 Å². The maximum atomic E-state index is 2.59. The van der Waals surface area contributed by atoms with Gasteiger partial charge in [-0.25, -0.2) is 0 Å². The van der Waals surface area contributed by atoms with Gasteiger partial charge in [-0.05, 0) is 36.8 Å². The number of hydrogen-bond acceptors (Lipinski definition) is 1. The molecule has 2 heteroatoms. The molecule has 0 saturated heterocycles. The molecule has 0 bridgehead atoms. The number of fused-ring (bicyclic) bond motifs is 1. The van der Waals surface area contributed by atoms with Gasteiger partial charge in [0.2, 0.25) is 6.34 Å². The predicted molar refractivity (Wildman–Crippen MR) is 94.5 cm³/mol. The molecule has 118 valence electrons. The van der Waals surface area contributed by atoms with Crippen molar-refractivity contribution in [3.63, 3.8) is 0 Å². The van der Waals surface area contributed by atoms with E-state index in [4.69, 9.17) is 0 Å². The molecule has 1 fully saturated rings. The summed E-state index contributed by atoms with van der Waals surface area (Å²) in [5, 5.41) is 0. The molecule has 1 aliphatic carbocycles. The van der Waals surface area contributed by atoms with E-state index in [1.54, 1.807) is 0 Å². The van der Waals surface area contributed by atoms with Crippen LogP contribution in [0.1, 0.15) is 36.8 Å². The van der Waals surface area contributed by atoms with Gasteiger partial charge in [-0.2, -0.15) is 0 Å². The smallest absolute Gasteiger partial charge is 0.235 e. The minimum absolute atomic E-state index is 0.688. The fourth-order valence-electron chi connectivity index (χ4n) is 4.13. The van der Waals surface area contributed by atoms with E-state index in [-0.39, 0.29) is 0 Å². The van der Waals surface area contributed by atoms with E-state index in [0.29, 0.717) is 12.1 Å². The van der Waals surface area contributed by atoms with Gasteiger partial charge in [0.05, 0.1) is 0 Å². The Hall–Kier alpha value is -2.09. The van der Waals surface area contributed by atoms with Crippen molar-refractivity contribution in [1.82, 2.24) is 4.90 Å². The van der Waals surface area contributed by atoms with Crippen LogP contribution in [0, 0.1) is 0 Å². The molecule has 4 rings (SSSR count). The molecule has 1 aliphatic heterocycles. The van der Waals surface area contributed by atoms with Gasteiger partial charge in [0, 0.05) is 0 Å². The normalized spacial score (nSPS) is 23.5. The highest BCUT2D eigenvalue weighted by atomic mass is 15.3. The average Bonchev–Trinajstić information content (AvgIpc) is 2.95. The quantitative estimate of drug-likeness (QED) is 0.772. The number of hydrogen-bond donors (Lipinski definition) is 0. The van der Waals surface area contributed by atoms with E-state index < -0.39 is 0 Å². The van der Waals surface area contributed by atoms with E-state index >= 15 is 0 Å². The molecule has 1 saturated carbocycles. The lowest BCUT2D eigenvalue weighted by Gasteiger charge is -2.27. The zero-order valence-electron chi connectivity index (χ0n) is 13.6. The average molecular weight is 305 g/mol. The minimum Gasteiger partial charge on any atom is -0.257 e. The van der Waals surface area contributed by atoms with Crippen molar-refractivity contribution in [2.45, 2.75) is 50.9 Å². The van der Waals surface area contributed by atoms with Crippen LogP contribution in [-0.2, 0) is 13.1 Å². The lowest BCUT2D eigenvalue weighted by atomic mass is 9.90. The molecular formula is C21H25N2+. The van der Waals surface area contributed by atoms with Crippen LogP contribution in [0.5, 0.6) is 0 Å². The van der Waals surface area contributed by atoms with Crippen LogP contribution in [0.4, 0.5) is 0 Å². The Morgan fingerprint density at radius 1 is 0.826 bits per heavy atom. The van der Waals surface area contributed by atoms with Gasteiger partial charge in [0.15, 0.2) is 0 Å². The van der Waals surface area contributed by atoms with Crippen LogP contribution in [0.3, 0.4) is 0 Å². The third-order valence-corrected chi connectivity index (χ3v) is 5.26. The third-order valence-electron chi connectivity index (χ3n) is 5.26. The molecule has 1 heterocycles. The fourth-order valence-corrected chi connectivity index (χ4v) is 4.13. The minimum atomic E-state index is 0.688. The van der Waals surface area contributed by atoms with Crippen LogP contribution >= 0.6 is 0 Å². The van der Waals surface area contributed by atoms with E-state index in [0.717, 1.165) is 13.1 Å². The summed E-state index contributed by atoms with van der Waals surface area (Å²) < 4.78 is 2.59. The highest BCUT2D eigenvalue weighted by molar-refractivity contribution is 5.52. The third kappa shape index (κ3) is 3.17. The molecule has 23 heavy (non-hydrogen) atoms. The summed E-state index contributed by atoms with van der Waals surface area (Å²) in [4.78, 5) is 2.59. The van der Waals surface area contributed by atoms with E-state index in [9.17, 15) is 0 Å². The Balaban J connectivity index is 1.55. The van der Waals surface area contributed by atoms with Crippen molar-refractivity contribution in [2.24, 2.45) is 0 Å². The largest absolute Gasteiger partial charge is 0.257 e. The fraction of sp³-hybridized carbons (Fsp3) is 0.381. The molecule has 0 spiro atoms. The summed E-state index contributed by atoms with van der Waals surface area (Å²) in [5.41, 5.74) is 2.82. The Morgan fingerprint density at radius 2 is 1.48 bits per heavy atom. The Labute approximate surface area is 139 Å². The van der Waals surface area contributed by atoms with Crippen LogP contribution in [0.2, 0.25) is 0 Å². The first-order valence-corrected chi connectivity index (χ1v) is 8.84. The van der Waals surface area contributed by atoms with E-state index in [1.165, 1.54) is 36.8 Å². The number of benzene rings is 2. The van der Waals surface area contributed by atoms with E-state index in [1.807, 2.05) is 0 Å². The summed E-state index contributed by atoms with van der Waals surface area (Å²) in [7, 11) is 0. The van der Waals surface area contributed by atoms with Crippen molar-refractivity contribution >= 4 is 6.34 Å². The Kier molecular flexibility index (Phi) is 4.14. The molecule has 2 atom stereocenters. The van der Waals surface area contributed by atoms with Gasteiger partial charge in [0.1, 0.15) is 25.2 Å². The summed E-state index contributed by atoms with van der Waals surface area (Å²) in [6, 6.07) is 23.1. The highest BCUT2D eigenvalue weighted by Crippen LogP contribution is 2.30. The molecule has 2 unspecified atom stereocenters. The van der Waals surface area contributed by atoms with Crippen molar-refractivity contribution < 1.29 is 4.58 Å². The molecule has 2 aromatic carbocycles. The molecule has 2 aromatic rings. The first-order valence-electron chi connectivity index (χ1n) is 8.84. The van der Waals surface area contributed by atoms with Crippen molar-refractivity contribution in [1.29, 1.82) is 0 Å². The first kappa shape index (κ1) is 14.5. The lowest BCUT2D eigenvalue weighted by Crippen LogP contribution is -2.40. The molecule has 2 nitrogen and oxygen atoms in total. The van der Waals surface area contributed by atoms with Gasteiger partial charge in [0.25, 0.3) is 0 Å². The second kappa shape index (κ2) is 6.57. The molecule has 0 aromatic heterocycles. The van der Waals surface area contributed by atoms with Gasteiger partial charge < -0.3 is 0 Å². The van der Waals surface area contributed by atoms with Crippen LogP contribution in [-0.4, -0.2) is 27.9 Å². The standard InChI is InChI=1S/C21H25N2/c1-3-9-18(10-4-1)15-22-17-23(16-19-11-5-2-6-12-19)21-14-8-7-13-20(21)22/h1-6,9-12,17,20-21H,7-8,13-16H2/q+1. The molecule has 0 amide bonds. The molecule has 2 aliphatic rings. The van der Waals surface area contributed by atoms with Crippen molar-refractivity contribution in [3.8, 4) is 0 Å². The van der Waals surface area contributed by atoms with Gasteiger partial charge in [-0.15, -0.1) is 0 Å². The van der Waals surface area contributed by atoms with Crippen LogP contribution in [0.15, 0.2) is 60.7 Å². The highest BCUT2D eigenvalue weighted by Gasteiger charge is 2.42. The van der Waals surface area contributed by atoms with Crippen LogP contribution in [0.25, 0.3) is 0 Å². The zero-order valence-corrected chi connectivity index (χ0v) is 13.6. The SMILES string of the molecule is C1=[N+](Cc2ccccc2)C2CCCCC2N1Cc1ccccc1. The molecule has 0 N–H and O–H groups in total. The summed E-state index contributed by atoms with van der Waals surface area (Å²) in [6.45, 7) is 2.07. The van der Waals surface area contributed by atoms with Gasteiger partial charge >= 0.3 is 0 Å². The second-order valence-electron chi connectivity index (χ2n) is 6.85. The van der Waals surface area contributed by atoms with Gasteiger partial charge in [-0.3, -0.25) is 9.48 Å². The Morgan fingerprint density at radius 3 is 2.22 bits per heavy atom. The summed E-state index contributed by atoms with van der Waals surface area (Å²) in [6.07, 6.45) is 7.82. The summed E-state index contributed by atoms with van der Waals surface area (Å²) in [5.74, 6) is 0. The number of nitrogens with zero attached hydrogens (tertiary/aromatic N) is 2. The van der Waals surface area contributed by atoms with E-state index in [2.05, 4.69) is 76.5 Å². The maximum Gasteiger partial charge on any atom is 0.235 e. The number of rotatable bonds is 4. The topological polar surface area (TPSA) is 6.25 Å². The Bertz CT molecular complexity index is 663. The monoisotopic (exact) mass is 305 g/mol. The van der Waals surface area contributed by atoms with Gasteiger partial charge in [-0.1, -0.05) is 60.7 Å².